The Hall–Kier alpha value is -0.200. The number of nitriles is 1. The average molecular weight is 213 g/mol. The van der Waals surface area contributed by atoms with E-state index in [1.165, 1.54) is 6.42 Å². The van der Waals surface area contributed by atoms with E-state index in [-0.39, 0.29) is 10.3 Å². The van der Waals surface area contributed by atoms with Gasteiger partial charge in [0.05, 0.1) is 11.7 Å². The third-order valence-electron chi connectivity index (χ3n) is 2.35. The minimum absolute atomic E-state index is 0.0834. The lowest BCUT2D eigenvalue weighted by molar-refractivity contribution is -0.00578. The molecule has 1 rings (SSSR count). The van der Waals surface area contributed by atoms with Crippen LogP contribution in [0.5, 0.6) is 0 Å². The highest BCUT2D eigenvalue weighted by Crippen LogP contribution is 2.40. The van der Waals surface area contributed by atoms with Crippen LogP contribution in [-0.2, 0) is 4.74 Å². The van der Waals surface area contributed by atoms with Crippen molar-refractivity contribution in [2.75, 3.05) is 12.4 Å². The van der Waals surface area contributed by atoms with Gasteiger partial charge in [0.2, 0.25) is 0 Å². The normalized spacial score (nSPS) is 27.6. The number of hydrogen-bond acceptors (Lipinski definition) is 3. The molecule has 0 aliphatic carbocycles. The molecule has 1 aliphatic rings. The van der Waals surface area contributed by atoms with Gasteiger partial charge in [-0.05, 0) is 45.8 Å². The minimum Gasteiger partial charge on any atom is -0.376 e. The van der Waals surface area contributed by atoms with Crippen molar-refractivity contribution in [2.24, 2.45) is 0 Å². The van der Waals surface area contributed by atoms with E-state index in [0.717, 1.165) is 18.6 Å². The fraction of sp³-hybridized carbons (Fsp3) is 0.909. The summed E-state index contributed by atoms with van der Waals surface area (Å²) in [4.78, 5) is 0. The fourth-order valence-corrected chi connectivity index (χ4v) is 2.82. The lowest BCUT2D eigenvalue weighted by Crippen LogP contribution is -2.26. The van der Waals surface area contributed by atoms with Gasteiger partial charge in [-0.1, -0.05) is 0 Å². The smallest absolute Gasteiger partial charge is 0.105 e. The van der Waals surface area contributed by atoms with Gasteiger partial charge >= 0.3 is 0 Å². The third-order valence-corrected chi connectivity index (χ3v) is 3.89. The molecule has 1 heterocycles. The highest BCUT2D eigenvalue weighted by atomic mass is 32.2. The first-order chi connectivity index (χ1) is 6.47. The summed E-state index contributed by atoms with van der Waals surface area (Å²) in [6.07, 6.45) is 3.07. The SMILES string of the molecule is CC(C)(C)OCCC1(C#N)CCCS1. The summed E-state index contributed by atoms with van der Waals surface area (Å²) in [7, 11) is 0. The Bertz CT molecular complexity index is 220. The van der Waals surface area contributed by atoms with E-state index in [9.17, 15) is 0 Å². The summed E-state index contributed by atoms with van der Waals surface area (Å²) in [6, 6.07) is 2.45. The van der Waals surface area contributed by atoms with Crippen LogP contribution in [0.4, 0.5) is 0 Å². The molecule has 3 heteroatoms. The second-order valence-corrected chi connectivity index (χ2v) is 6.25. The summed E-state index contributed by atoms with van der Waals surface area (Å²) >= 11 is 1.80. The second kappa shape index (κ2) is 4.55. The quantitative estimate of drug-likeness (QED) is 0.722. The van der Waals surface area contributed by atoms with Gasteiger partial charge in [-0.3, -0.25) is 0 Å². The number of ether oxygens (including phenoxy) is 1. The first-order valence-corrected chi connectivity index (χ1v) is 6.15. The Labute approximate surface area is 91.0 Å². The standard InChI is InChI=1S/C11H19NOS/c1-10(2,3)13-7-6-11(9-12)5-4-8-14-11/h4-8H2,1-3H3. The summed E-state index contributed by atoms with van der Waals surface area (Å²) in [5.74, 6) is 1.13. The maximum Gasteiger partial charge on any atom is 0.105 e. The molecule has 0 aromatic rings. The molecular formula is C11H19NOS. The monoisotopic (exact) mass is 213 g/mol. The van der Waals surface area contributed by atoms with Crippen molar-refractivity contribution in [1.82, 2.24) is 0 Å². The zero-order chi connectivity index (χ0) is 10.7. The molecule has 1 unspecified atom stereocenters. The van der Waals surface area contributed by atoms with Crippen LogP contribution < -0.4 is 0 Å². The Balaban J connectivity index is 2.33. The Kier molecular flexibility index (Phi) is 3.86. The highest BCUT2D eigenvalue weighted by Gasteiger charge is 2.34. The molecule has 1 fully saturated rings. The molecule has 0 aromatic carbocycles. The molecule has 0 bridgehead atoms. The molecule has 14 heavy (non-hydrogen) atoms. The van der Waals surface area contributed by atoms with Crippen LogP contribution in [0.25, 0.3) is 0 Å². The van der Waals surface area contributed by atoms with Crippen LogP contribution in [0.15, 0.2) is 0 Å². The second-order valence-electron chi connectivity index (χ2n) is 4.77. The Morgan fingerprint density at radius 1 is 1.50 bits per heavy atom. The topological polar surface area (TPSA) is 33.0 Å². The van der Waals surface area contributed by atoms with E-state index in [2.05, 4.69) is 6.07 Å². The van der Waals surface area contributed by atoms with E-state index >= 15 is 0 Å². The van der Waals surface area contributed by atoms with Crippen LogP contribution >= 0.6 is 11.8 Å². The van der Waals surface area contributed by atoms with Crippen LogP contribution in [0.2, 0.25) is 0 Å². The summed E-state index contributed by atoms with van der Waals surface area (Å²) in [5, 5.41) is 9.12. The molecule has 1 atom stereocenters. The molecule has 1 saturated heterocycles. The molecule has 80 valence electrons. The van der Waals surface area contributed by atoms with Crippen LogP contribution in [0.1, 0.15) is 40.0 Å². The number of nitrogens with zero attached hydrogens (tertiary/aromatic N) is 1. The first-order valence-electron chi connectivity index (χ1n) is 5.17. The molecule has 0 spiro atoms. The molecule has 1 aliphatic heterocycles. The number of hydrogen-bond donors (Lipinski definition) is 0. The van der Waals surface area contributed by atoms with Gasteiger partial charge in [-0.25, -0.2) is 0 Å². The van der Waals surface area contributed by atoms with Crippen LogP contribution in [0.3, 0.4) is 0 Å². The van der Waals surface area contributed by atoms with Crippen LogP contribution in [-0.4, -0.2) is 22.7 Å². The van der Waals surface area contributed by atoms with E-state index in [4.69, 9.17) is 10.00 Å². The van der Waals surface area contributed by atoms with Crippen molar-refractivity contribution < 1.29 is 4.74 Å². The molecule has 0 radical (unpaired) electrons. The molecule has 0 N–H and O–H groups in total. The van der Waals surface area contributed by atoms with Crippen molar-refractivity contribution in [3.63, 3.8) is 0 Å². The van der Waals surface area contributed by atoms with Gasteiger partial charge in [-0.2, -0.15) is 5.26 Å². The predicted octanol–water partition coefficient (Wildman–Crippen LogP) is 2.98. The van der Waals surface area contributed by atoms with Gasteiger partial charge in [0, 0.05) is 6.61 Å². The molecule has 2 nitrogen and oxygen atoms in total. The average Bonchev–Trinajstić information content (AvgIpc) is 2.52. The van der Waals surface area contributed by atoms with E-state index in [1.54, 1.807) is 11.8 Å². The number of thioether (sulfide) groups is 1. The molecule has 0 amide bonds. The Morgan fingerprint density at radius 3 is 2.64 bits per heavy atom. The number of rotatable bonds is 3. The maximum absolute atomic E-state index is 9.12. The van der Waals surface area contributed by atoms with Gasteiger partial charge in [-0.15, -0.1) is 11.8 Å². The van der Waals surface area contributed by atoms with Gasteiger partial charge in [0.25, 0.3) is 0 Å². The molecule has 0 aromatic heterocycles. The van der Waals surface area contributed by atoms with Crippen molar-refractivity contribution in [3.05, 3.63) is 0 Å². The van der Waals surface area contributed by atoms with Gasteiger partial charge in [0.15, 0.2) is 0 Å². The lowest BCUT2D eigenvalue weighted by Gasteiger charge is -2.24. The summed E-state index contributed by atoms with van der Waals surface area (Å²) in [5.41, 5.74) is -0.0834. The van der Waals surface area contributed by atoms with Crippen molar-refractivity contribution >= 4 is 11.8 Å². The van der Waals surface area contributed by atoms with E-state index < -0.39 is 0 Å². The van der Waals surface area contributed by atoms with E-state index in [1.807, 2.05) is 20.8 Å². The van der Waals surface area contributed by atoms with Crippen LogP contribution in [0, 0.1) is 11.3 Å². The molecule has 0 saturated carbocycles. The maximum atomic E-state index is 9.12. The Morgan fingerprint density at radius 2 is 2.21 bits per heavy atom. The van der Waals surface area contributed by atoms with E-state index in [0.29, 0.717) is 6.61 Å². The lowest BCUT2D eigenvalue weighted by atomic mass is 10.0. The summed E-state index contributed by atoms with van der Waals surface area (Å²) < 4.78 is 5.51. The zero-order valence-corrected chi connectivity index (χ0v) is 10.1. The molecular weight excluding hydrogens is 194 g/mol. The largest absolute Gasteiger partial charge is 0.376 e. The highest BCUT2D eigenvalue weighted by molar-refractivity contribution is 8.01. The fourth-order valence-electron chi connectivity index (χ4n) is 1.56. The van der Waals surface area contributed by atoms with Crippen molar-refractivity contribution in [3.8, 4) is 6.07 Å². The predicted molar refractivity (Wildman–Crippen MR) is 60.4 cm³/mol. The first kappa shape index (κ1) is 11.9. The van der Waals surface area contributed by atoms with Crippen molar-refractivity contribution in [1.29, 1.82) is 5.26 Å². The minimum atomic E-state index is -0.148. The summed E-state index contributed by atoms with van der Waals surface area (Å²) in [6.45, 7) is 6.85. The van der Waals surface area contributed by atoms with Gasteiger partial charge < -0.3 is 4.74 Å². The van der Waals surface area contributed by atoms with Crippen molar-refractivity contribution in [2.45, 2.75) is 50.4 Å². The third kappa shape index (κ3) is 3.51. The zero-order valence-electron chi connectivity index (χ0n) is 9.30. The van der Waals surface area contributed by atoms with Gasteiger partial charge in [0.1, 0.15) is 4.75 Å².